The molecule has 0 aliphatic carbocycles. The van der Waals surface area contributed by atoms with Crippen molar-refractivity contribution < 1.29 is 4.42 Å². The van der Waals surface area contributed by atoms with Crippen molar-refractivity contribution in [1.82, 2.24) is 4.98 Å². The maximum absolute atomic E-state index is 6.33. The molecule has 1 aliphatic rings. The number of hydrogen-bond acceptors (Lipinski definition) is 4. The van der Waals surface area contributed by atoms with Crippen molar-refractivity contribution in [3.8, 4) is 0 Å². The molecule has 26 heavy (non-hydrogen) atoms. The van der Waals surface area contributed by atoms with E-state index in [0.717, 1.165) is 45.7 Å². The van der Waals surface area contributed by atoms with E-state index in [4.69, 9.17) is 4.42 Å². The van der Waals surface area contributed by atoms with Crippen LogP contribution in [0.15, 0.2) is 59.1 Å². The number of aryl methyl sites for hydroxylation is 1. The van der Waals surface area contributed by atoms with Gasteiger partial charge in [0.25, 0.3) is 0 Å². The summed E-state index contributed by atoms with van der Waals surface area (Å²) in [5.41, 5.74) is 5.36. The summed E-state index contributed by atoms with van der Waals surface area (Å²) in [5.74, 6) is 1.04. The van der Waals surface area contributed by atoms with E-state index in [9.17, 15) is 0 Å². The molecule has 0 bridgehead atoms. The van der Waals surface area contributed by atoms with Crippen LogP contribution in [0.2, 0.25) is 0 Å². The van der Waals surface area contributed by atoms with Crippen LogP contribution in [0, 0.1) is 6.92 Å². The molecule has 0 spiro atoms. The van der Waals surface area contributed by atoms with E-state index in [1.54, 1.807) is 0 Å². The summed E-state index contributed by atoms with van der Waals surface area (Å²) >= 11 is 0. The van der Waals surface area contributed by atoms with Crippen LogP contribution in [-0.4, -0.2) is 17.7 Å². The molecule has 0 unspecified atom stereocenters. The standard InChI is InChI=1S/C22H21N3O/c1-4-24-15(3)25(18-9-7-13-23-22(18)24)20-14(2)11-12-17-16-8-5-6-10-19(16)26-21(17)20/h5-13,15H,4H2,1-3H3/t15-/m1/s1. The first-order valence-electron chi connectivity index (χ1n) is 9.12. The number of para-hydroxylation sites is 1. The molecule has 1 aliphatic heterocycles. The van der Waals surface area contributed by atoms with Gasteiger partial charge in [-0.25, -0.2) is 4.98 Å². The molecule has 4 heteroatoms. The topological polar surface area (TPSA) is 32.5 Å². The molecule has 0 radical (unpaired) electrons. The number of anilines is 3. The van der Waals surface area contributed by atoms with Gasteiger partial charge in [-0.05, 0) is 44.5 Å². The van der Waals surface area contributed by atoms with Gasteiger partial charge >= 0.3 is 0 Å². The number of furan rings is 1. The second-order valence-corrected chi connectivity index (χ2v) is 6.84. The average Bonchev–Trinajstić information content (AvgIpc) is 3.16. The first-order valence-corrected chi connectivity index (χ1v) is 9.12. The third kappa shape index (κ3) is 1.93. The number of aromatic nitrogens is 1. The molecule has 5 rings (SSSR count). The van der Waals surface area contributed by atoms with E-state index in [0.29, 0.717) is 0 Å². The van der Waals surface area contributed by atoms with E-state index < -0.39 is 0 Å². The smallest absolute Gasteiger partial charge is 0.159 e. The zero-order chi connectivity index (χ0) is 17.8. The third-order valence-corrected chi connectivity index (χ3v) is 5.43. The van der Waals surface area contributed by atoms with E-state index >= 15 is 0 Å². The van der Waals surface area contributed by atoms with Gasteiger partial charge in [-0.2, -0.15) is 0 Å². The largest absolute Gasteiger partial charge is 0.454 e. The molecule has 0 fully saturated rings. The zero-order valence-electron chi connectivity index (χ0n) is 15.2. The molecule has 4 nitrogen and oxygen atoms in total. The fourth-order valence-corrected chi connectivity index (χ4v) is 4.21. The highest BCUT2D eigenvalue weighted by molar-refractivity contribution is 6.10. The molecule has 0 amide bonds. The number of benzene rings is 2. The molecule has 3 heterocycles. The summed E-state index contributed by atoms with van der Waals surface area (Å²) in [6, 6.07) is 16.8. The summed E-state index contributed by atoms with van der Waals surface area (Å²) in [6.07, 6.45) is 2.05. The van der Waals surface area contributed by atoms with Gasteiger partial charge in [0.2, 0.25) is 0 Å². The molecule has 2 aromatic carbocycles. The van der Waals surface area contributed by atoms with Crippen molar-refractivity contribution in [1.29, 1.82) is 0 Å². The summed E-state index contributed by atoms with van der Waals surface area (Å²) in [5, 5.41) is 2.32. The molecular weight excluding hydrogens is 322 g/mol. The predicted molar refractivity (Wildman–Crippen MR) is 107 cm³/mol. The fraction of sp³-hybridized carbons (Fsp3) is 0.227. The van der Waals surface area contributed by atoms with Crippen LogP contribution < -0.4 is 9.80 Å². The van der Waals surface area contributed by atoms with Crippen molar-refractivity contribution in [3.05, 3.63) is 60.3 Å². The lowest BCUT2D eigenvalue weighted by Gasteiger charge is -2.30. The lowest BCUT2D eigenvalue weighted by molar-refractivity contribution is 0.654. The lowest BCUT2D eigenvalue weighted by atomic mass is 10.1. The second-order valence-electron chi connectivity index (χ2n) is 6.84. The van der Waals surface area contributed by atoms with Crippen molar-refractivity contribution in [3.63, 3.8) is 0 Å². The summed E-state index contributed by atoms with van der Waals surface area (Å²) in [6.45, 7) is 7.47. The van der Waals surface area contributed by atoms with Gasteiger partial charge < -0.3 is 14.2 Å². The SMILES string of the molecule is CCN1c2ncccc2N(c2c(C)ccc3c2oc2ccccc23)[C@@H]1C. The summed E-state index contributed by atoms with van der Waals surface area (Å²) < 4.78 is 6.33. The Bertz CT molecular complexity index is 1130. The quantitative estimate of drug-likeness (QED) is 0.473. The van der Waals surface area contributed by atoms with Crippen LogP contribution in [0.5, 0.6) is 0 Å². The molecule has 0 saturated carbocycles. The Morgan fingerprint density at radius 2 is 1.88 bits per heavy atom. The normalized spacial score (nSPS) is 16.7. The number of rotatable bonds is 2. The van der Waals surface area contributed by atoms with E-state index in [1.165, 1.54) is 5.56 Å². The molecule has 0 N–H and O–H groups in total. The van der Waals surface area contributed by atoms with Crippen LogP contribution in [-0.2, 0) is 0 Å². The number of fused-ring (bicyclic) bond motifs is 4. The van der Waals surface area contributed by atoms with Crippen molar-refractivity contribution in [2.45, 2.75) is 26.9 Å². The van der Waals surface area contributed by atoms with Crippen LogP contribution in [0.4, 0.5) is 17.2 Å². The Morgan fingerprint density at radius 1 is 1.04 bits per heavy atom. The van der Waals surface area contributed by atoms with Crippen LogP contribution in [0.1, 0.15) is 19.4 Å². The Balaban J connectivity index is 1.83. The van der Waals surface area contributed by atoms with Gasteiger partial charge in [0.15, 0.2) is 11.4 Å². The second kappa shape index (κ2) is 5.49. The minimum absolute atomic E-state index is 0.183. The van der Waals surface area contributed by atoms with E-state index in [-0.39, 0.29) is 6.17 Å². The first kappa shape index (κ1) is 15.3. The minimum Gasteiger partial charge on any atom is -0.454 e. The maximum Gasteiger partial charge on any atom is 0.159 e. The van der Waals surface area contributed by atoms with Gasteiger partial charge in [-0.1, -0.05) is 30.3 Å². The minimum atomic E-state index is 0.183. The van der Waals surface area contributed by atoms with E-state index in [1.807, 2.05) is 24.4 Å². The Morgan fingerprint density at radius 3 is 2.73 bits per heavy atom. The number of nitrogens with zero attached hydrogens (tertiary/aromatic N) is 3. The van der Waals surface area contributed by atoms with E-state index in [2.05, 4.69) is 65.9 Å². The van der Waals surface area contributed by atoms with Crippen molar-refractivity contribution >= 4 is 39.1 Å². The monoisotopic (exact) mass is 343 g/mol. The summed E-state index contributed by atoms with van der Waals surface area (Å²) in [7, 11) is 0. The first-order chi connectivity index (χ1) is 12.7. The lowest BCUT2D eigenvalue weighted by Crippen LogP contribution is -2.38. The average molecular weight is 343 g/mol. The highest BCUT2D eigenvalue weighted by atomic mass is 16.3. The zero-order valence-corrected chi connectivity index (χ0v) is 15.2. The van der Waals surface area contributed by atoms with Gasteiger partial charge in [-0.3, -0.25) is 0 Å². The molecule has 4 aromatic rings. The Kier molecular flexibility index (Phi) is 3.23. The maximum atomic E-state index is 6.33. The molecular formula is C22H21N3O. The van der Waals surface area contributed by atoms with Gasteiger partial charge in [0, 0.05) is 23.5 Å². The molecule has 1 atom stereocenters. The number of hydrogen-bond donors (Lipinski definition) is 0. The van der Waals surface area contributed by atoms with Gasteiger partial charge in [-0.15, -0.1) is 0 Å². The predicted octanol–water partition coefficient (Wildman–Crippen LogP) is 5.61. The molecule has 130 valence electrons. The van der Waals surface area contributed by atoms with Gasteiger partial charge in [0.1, 0.15) is 11.7 Å². The number of pyridine rings is 1. The summed E-state index contributed by atoms with van der Waals surface area (Å²) in [4.78, 5) is 9.34. The Hall–Kier alpha value is -3.01. The fourth-order valence-electron chi connectivity index (χ4n) is 4.21. The Labute approximate surface area is 152 Å². The van der Waals surface area contributed by atoms with Gasteiger partial charge in [0.05, 0.1) is 11.4 Å². The molecule has 0 saturated heterocycles. The highest BCUT2D eigenvalue weighted by Gasteiger charge is 2.36. The van der Waals surface area contributed by atoms with Crippen LogP contribution in [0.25, 0.3) is 21.9 Å². The van der Waals surface area contributed by atoms with Crippen LogP contribution in [0.3, 0.4) is 0 Å². The van der Waals surface area contributed by atoms with Crippen molar-refractivity contribution in [2.75, 3.05) is 16.3 Å². The van der Waals surface area contributed by atoms with Crippen molar-refractivity contribution in [2.24, 2.45) is 0 Å². The van der Waals surface area contributed by atoms with Crippen LogP contribution >= 0.6 is 0 Å². The highest BCUT2D eigenvalue weighted by Crippen LogP contribution is 2.47. The molecule has 2 aromatic heterocycles. The third-order valence-electron chi connectivity index (χ3n) is 5.43.